The number of ether oxygens (including phenoxy) is 2. The maximum Gasteiger partial charge on any atom is 0.226 e. The van der Waals surface area contributed by atoms with Crippen molar-refractivity contribution in [2.45, 2.75) is 20.4 Å². The third kappa shape index (κ3) is 3.22. The number of carbonyl (C=O) groups excluding carboxylic acids is 1. The van der Waals surface area contributed by atoms with Crippen LogP contribution in [0.25, 0.3) is 0 Å². The van der Waals surface area contributed by atoms with Crippen LogP contribution in [-0.2, 0) is 11.3 Å². The Labute approximate surface area is 119 Å². The minimum absolute atomic E-state index is 0.0275. The number of nitrogens with one attached hydrogen (secondary N) is 2. The number of para-hydroxylation sites is 1. The van der Waals surface area contributed by atoms with Crippen LogP contribution in [0.4, 0.5) is 0 Å². The first-order chi connectivity index (χ1) is 9.54. The number of hydrogen-bond donors (Lipinski definition) is 2. The second-order valence-electron chi connectivity index (χ2n) is 5.51. The largest absolute Gasteiger partial charge is 0.486 e. The second-order valence-corrected chi connectivity index (χ2v) is 5.51. The summed E-state index contributed by atoms with van der Waals surface area (Å²) in [5.74, 6) is 1.63. The van der Waals surface area contributed by atoms with Crippen molar-refractivity contribution < 1.29 is 14.3 Å². The van der Waals surface area contributed by atoms with Gasteiger partial charge in [0.25, 0.3) is 0 Å². The van der Waals surface area contributed by atoms with E-state index in [1.54, 1.807) is 7.05 Å². The Balaban J connectivity index is 1.97. The van der Waals surface area contributed by atoms with Crippen LogP contribution in [0.3, 0.4) is 0 Å². The molecule has 1 aromatic rings. The van der Waals surface area contributed by atoms with Gasteiger partial charge in [-0.2, -0.15) is 0 Å². The highest BCUT2D eigenvalue weighted by molar-refractivity contribution is 5.81. The van der Waals surface area contributed by atoms with Gasteiger partial charge in [0.2, 0.25) is 5.91 Å². The lowest BCUT2D eigenvalue weighted by molar-refractivity contribution is -0.128. The van der Waals surface area contributed by atoms with Gasteiger partial charge in [0, 0.05) is 25.7 Å². The van der Waals surface area contributed by atoms with Crippen LogP contribution in [0.15, 0.2) is 18.2 Å². The van der Waals surface area contributed by atoms with Crippen LogP contribution in [0.2, 0.25) is 0 Å². The molecule has 1 amide bonds. The molecule has 1 aromatic carbocycles. The third-order valence-electron chi connectivity index (χ3n) is 3.37. The van der Waals surface area contributed by atoms with Crippen molar-refractivity contribution in [1.29, 1.82) is 0 Å². The molecule has 1 aliphatic heterocycles. The van der Waals surface area contributed by atoms with Gasteiger partial charge < -0.3 is 20.1 Å². The van der Waals surface area contributed by atoms with Crippen LogP contribution in [0.5, 0.6) is 11.5 Å². The average Bonchev–Trinajstić information content (AvgIpc) is 2.46. The lowest BCUT2D eigenvalue weighted by Crippen LogP contribution is -2.41. The Bertz CT molecular complexity index is 486. The number of rotatable bonds is 5. The molecule has 1 heterocycles. The van der Waals surface area contributed by atoms with E-state index >= 15 is 0 Å². The Morgan fingerprint density at radius 3 is 2.80 bits per heavy atom. The predicted molar refractivity (Wildman–Crippen MR) is 77.0 cm³/mol. The fourth-order valence-corrected chi connectivity index (χ4v) is 2.20. The van der Waals surface area contributed by atoms with Crippen LogP contribution in [-0.4, -0.2) is 32.7 Å². The molecule has 110 valence electrons. The van der Waals surface area contributed by atoms with E-state index in [9.17, 15) is 4.79 Å². The highest BCUT2D eigenvalue weighted by Gasteiger charge is 2.26. The average molecular weight is 278 g/mol. The van der Waals surface area contributed by atoms with Gasteiger partial charge in [-0.25, -0.2) is 0 Å². The van der Waals surface area contributed by atoms with E-state index < -0.39 is 5.41 Å². The van der Waals surface area contributed by atoms with Crippen LogP contribution < -0.4 is 20.1 Å². The number of carbonyl (C=O) groups is 1. The highest BCUT2D eigenvalue weighted by Crippen LogP contribution is 2.33. The van der Waals surface area contributed by atoms with E-state index in [0.29, 0.717) is 26.3 Å². The minimum Gasteiger partial charge on any atom is -0.486 e. The van der Waals surface area contributed by atoms with Gasteiger partial charge in [-0.1, -0.05) is 12.1 Å². The van der Waals surface area contributed by atoms with E-state index in [0.717, 1.165) is 17.1 Å². The summed E-state index contributed by atoms with van der Waals surface area (Å²) < 4.78 is 11.2. The fraction of sp³-hybridized carbons (Fsp3) is 0.533. The summed E-state index contributed by atoms with van der Waals surface area (Å²) in [6.07, 6.45) is 0. The molecule has 2 rings (SSSR count). The van der Waals surface area contributed by atoms with Crippen molar-refractivity contribution in [2.75, 3.05) is 26.8 Å². The molecule has 5 heteroatoms. The van der Waals surface area contributed by atoms with Gasteiger partial charge in [-0.15, -0.1) is 0 Å². The molecule has 0 spiro atoms. The van der Waals surface area contributed by atoms with E-state index in [-0.39, 0.29) is 5.91 Å². The van der Waals surface area contributed by atoms with Crippen molar-refractivity contribution in [3.63, 3.8) is 0 Å². The van der Waals surface area contributed by atoms with Crippen LogP contribution >= 0.6 is 0 Å². The first-order valence-corrected chi connectivity index (χ1v) is 6.85. The molecule has 0 radical (unpaired) electrons. The second kappa shape index (κ2) is 6.13. The van der Waals surface area contributed by atoms with E-state index in [4.69, 9.17) is 9.47 Å². The molecule has 2 N–H and O–H groups in total. The smallest absolute Gasteiger partial charge is 0.226 e. The van der Waals surface area contributed by atoms with Gasteiger partial charge in [0.1, 0.15) is 13.2 Å². The van der Waals surface area contributed by atoms with Crippen molar-refractivity contribution >= 4 is 5.91 Å². The number of benzene rings is 1. The summed E-state index contributed by atoms with van der Waals surface area (Å²) in [5.41, 5.74) is 0.607. The Kier molecular flexibility index (Phi) is 4.49. The summed E-state index contributed by atoms with van der Waals surface area (Å²) in [6, 6.07) is 5.87. The predicted octanol–water partition coefficient (Wildman–Crippen LogP) is 1.32. The number of fused-ring (bicyclic) bond motifs is 1. The lowest BCUT2D eigenvalue weighted by Gasteiger charge is -2.24. The van der Waals surface area contributed by atoms with Gasteiger partial charge in [-0.3, -0.25) is 4.79 Å². The van der Waals surface area contributed by atoms with E-state index in [1.165, 1.54) is 0 Å². The van der Waals surface area contributed by atoms with E-state index in [2.05, 4.69) is 10.6 Å². The number of amides is 1. The molecule has 5 nitrogen and oxygen atoms in total. The molecule has 0 bridgehead atoms. The zero-order valence-electron chi connectivity index (χ0n) is 12.3. The molecule has 0 unspecified atom stereocenters. The van der Waals surface area contributed by atoms with Crippen LogP contribution in [0.1, 0.15) is 19.4 Å². The standard InChI is InChI=1S/C15H22N2O3/c1-15(2,14(18)16-3)10-17-9-11-5-4-6-12-13(11)20-8-7-19-12/h4-6,17H,7-10H2,1-3H3,(H,16,18). The molecular formula is C15H22N2O3. The summed E-state index contributed by atoms with van der Waals surface area (Å²) in [7, 11) is 1.66. The summed E-state index contributed by atoms with van der Waals surface area (Å²) in [5, 5.41) is 5.99. The third-order valence-corrected chi connectivity index (χ3v) is 3.37. The van der Waals surface area contributed by atoms with Gasteiger partial charge in [-0.05, 0) is 19.9 Å². The molecule has 1 aliphatic rings. The highest BCUT2D eigenvalue weighted by atomic mass is 16.6. The first-order valence-electron chi connectivity index (χ1n) is 6.85. The maximum atomic E-state index is 11.7. The molecule has 20 heavy (non-hydrogen) atoms. The molecule has 0 atom stereocenters. The van der Waals surface area contributed by atoms with Crippen molar-refractivity contribution in [1.82, 2.24) is 10.6 Å². The summed E-state index contributed by atoms with van der Waals surface area (Å²) in [4.78, 5) is 11.7. The zero-order chi connectivity index (χ0) is 14.6. The monoisotopic (exact) mass is 278 g/mol. The SMILES string of the molecule is CNC(=O)C(C)(C)CNCc1cccc2c1OCCO2. The Hall–Kier alpha value is -1.75. The summed E-state index contributed by atoms with van der Waals surface area (Å²) in [6.45, 7) is 6.24. The van der Waals surface area contributed by atoms with Crippen molar-refractivity contribution in [3.8, 4) is 11.5 Å². The molecule has 0 fully saturated rings. The first kappa shape index (κ1) is 14.7. The number of hydrogen-bond acceptors (Lipinski definition) is 4. The molecular weight excluding hydrogens is 256 g/mol. The quantitative estimate of drug-likeness (QED) is 0.853. The van der Waals surface area contributed by atoms with Crippen LogP contribution in [0, 0.1) is 5.41 Å². The Morgan fingerprint density at radius 1 is 1.30 bits per heavy atom. The van der Waals surface area contributed by atoms with Gasteiger partial charge >= 0.3 is 0 Å². The lowest BCUT2D eigenvalue weighted by atomic mass is 9.92. The Morgan fingerprint density at radius 2 is 2.05 bits per heavy atom. The normalized spacial score (nSPS) is 13.9. The molecule has 0 saturated carbocycles. The zero-order valence-corrected chi connectivity index (χ0v) is 12.3. The van der Waals surface area contributed by atoms with Gasteiger partial charge in [0.05, 0.1) is 5.41 Å². The van der Waals surface area contributed by atoms with E-state index in [1.807, 2.05) is 32.0 Å². The maximum absolute atomic E-state index is 11.7. The molecule has 0 aromatic heterocycles. The molecule has 0 saturated heterocycles. The van der Waals surface area contributed by atoms with Gasteiger partial charge in [0.15, 0.2) is 11.5 Å². The fourth-order valence-electron chi connectivity index (χ4n) is 2.20. The van der Waals surface area contributed by atoms with Crippen molar-refractivity contribution in [2.24, 2.45) is 5.41 Å². The molecule has 0 aliphatic carbocycles. The summed E-state index contributed by atoms with van der Waals surface area (Å²) >= 11 is 0. The minimum atomic E-state index is -0.444. The van der Waals surface area contributed by atoms with Crippen molar-refractivity contribution in [3.05, 3.63) is 23.8 Å². The topological polar surface area (TPSA) is 59.6 Å².